The Kier molecular flexibility index (Phi) is 3.22. The molecule has 0 heterocycles. The number of hydrogen-bond acceptors (Lipinski definition) is 1. The lowest BCUT2D eigenvalue weighted by molar-refractivity contribution is -0.129. The Morgan fingerprint density at radius 1 is 1.12 bits per heavy atom. The molecule has 1 aliphatic carbocycles. The standard InChI is InChI=1S/C13H16FNO/c14-13(9-5-2-6-10-13)12(16)15-11-7-3-1-4-8-11/h1,3-4,7-8H,2,5-6,9-10H2,(H,15,16). The number of carbonyl (C=O) groups excluding carboxylic acids is 1. The maximum Gasteiger partial charge on any atom is 0.262 e. The van der Waals surface area contributed by atoms with E-state index in [1.165, 1.54) is 0 Å². The van der Waals surface area contributed by atoms with Crippen molar-refractivity contribution in [3.8, 4) is 0 Å². The second-order valence-electron chi connectivity index (χ2n) is 4.35. The van der Waals surface area contributed by atoms with E-state index in [2.05, 4.69) is 5.32 Å². The molecular weight excluding hydrogens is 205 g/mol. The Bertz CT molecular complexity index is 357. The number of amides is 1. The van der Waals surface area contributed by atoms with Crippen molar-refractivity contribution in [3.05, 3.63) is 30.3 Å². The SMILES string of the molecule is O=C(Nc1ccccc1)C1(F)CCCCC1. The summed E-state index contributed by atoms with van der Waals surface area (Å²) < 4.78 is 14.2. The number of hydrogen-bond donors (Lipinski definition) is 1. The quantitative estimate of drug-likeness (QED) is 0.815. The van der Waals surface area contributed by atoms with E-state index in [0.29, 0.717) is 18.5 Å². The van der Waals surface area contributed by atoms with Crippen LogP contribution >= 0.6 is 0 Å². The first-order valence-electron chi connectivity index (χ1n) is 5.76. The summed E-state index contributed by atoms with van der Waals surface area (Å²) in [5.74, 6) is -0.488. The first-order chi connectivity index (χ1) is 7.71. The van der Waals surface area contributed by atoms with Crippen LogP contribution in [0.2, 0.25) is 0 Å². The Morgan fingerprint density at radius 2 is 1.75 bits per heavy atom. The Balaban J connectivity index is 2.02. The maximum absolute atomic E-state index is 14.2. The number of para-hydroxylation sites is 1. The zero-order chi connectivity index (χ0) is 11.4. The van der Waals surface area contributed by atoms with Gasteiger partial charge in [-0.1, -0.05) is 24.6 Å². The van der Waals surface area contributed by atoms with Crippen LogP contribution in [0.4, 0.5) is 10.1 Å². The summed E-state index contributed by atoms with van der Waals surface area (Å²) in [5, 5.41) is 2.64. The number of carbonyl (C=O) groups is 1. The van der Waals surface area contributed by atoms with E-state index in [1.54, 1.807) is 12.1 Å². The van der Waals surface area contributed by atoms with Crippen LogP contribution in [-0.4, -0.2) is 11.6 Å². The van der Waals surface area contributed by atoms with Crippen molar-refractivity contribution in [2.24, 2.45) is 0 Å². The lowest BCUT2D eigenvalue weighted by Crippen LogP contribution is -2.40. The maximum atomic E-state index is 14.2. The summed E-state index contributed by atoms with van der Waals surface area (Å²) in [4.78, 5) is 11.8. The number of alkyl halides is 1. The van der Waals surface area contributed by atoms with E-state index in [-0.39, 0.29) is 0 Å². The van der Waals surface area contributed by atoms with Gasteiger partial charge in [-0.25, -0.2) is 4.39 Å². The van der Waals surface area contributed by atoms with Gasteiger partial charge < -0.3 is 5.32 Å². The fourth-order valence-electron chi connectivity index (χ4n) is 2.10. The number of benzene rings is 1. The predicted molar refractivity (Wildman–Crippen MR) is 62.0 cm³/mol. The minimum absolute atomic E-state index is 0.353. The highest BCUT2D eigenvalue weighted by atomic mass is 19.1. The highest BCUT2D eigenvalue weighted by molar-refractivity contribution is 5.97. The molecule has 0 spiro atoms. The fraction of sp³-hybridized carbons (Fsp3) is 0.462. The third kappa shape index (κ3) is 2.40. The molecule has 0 unspecified atom stereocenters. The molecule has 0 radical (unpaired) electrons. The number of rotatable bonds is 2. The van der Waals surface area contributed by atoms with Crippen molar-refractivity contribution in [2.45, 2.75) is 37.8 Å². The van der Waals surface area contributed by atoms with Crippen LogP contribution in [0.3, 0.4) is 0 Å². The van der Waals surface area contributed by atoms with Crippen molar-refractivity contribution in [2.75, 3.05) is 5.32 Å². The molecule has 1 N–H and O–H groups in total. The van der Waals surface area contributed by atoms with E-state index in [4.69, 9.17) is 0 Å². The van der Waals surface area contributed by atoms with Gasteiger partial charge in [-0.15, -0.1) is 0 Å². The lowest BCUT2D eigenvalue weighted by atomic mass is 9.85. The Morgan fingerprint density at radius 3 is 2.38 bits per heavy atom. The smallest absolute Gasteiger partial charge is 0.262 e. The van der Waals surface area contributed by atoms with Crippen LogP contribution in [0.1, 0.15) is 32.1 Å². The summed E-state index contributed by atoms with van der Waals surface area (Å²) in [6, 6.07) is 9.04. The van der Waals surface area contributed by atoms with E-state index < -0.39 is 11.6 Å². The third-order valence-corrected chi connectivity index (χ3v) is 3.08. The van der Waals surface area contributed by atoms with Gasteiger partial charge in [-0.05, 0) is 37.8 Å². The van der Waals surface area contributed by atoms with Crippen LogP contribution < -0.4 is 5.32 Å². The van der Waals surface area contributed by atoms with Crippen molar-refractivity contribution in [3.63, 3.8) is 0 Å². The summed E-state index contributed by atoms with van der Waals surface area (Å²) in [6.45, 7) is 0. The molecule has 0 bridgehead atoms. The van der Waals surface area contributed by atoms with Gasteiger partial charge in [0, 0.05) is 5.69 Å². The van der Waals surface area contributed by atoms with E-state index >= 15 is 0 Å². The van der Waals surface area contributed by atoms with E-state index in [0.717, 1.165) is 19.3 Å². The van der Waals surface area contributed by atoms with Crippen LogP contribution in [-0.2, 0) is 4.79 Å². The summed E-state index contributed by atoms with van der Waals surface area (Å²) in [7, 11) is 0. The minimum Gasteiger partial charge on any atom is -0.323 e. The number of nitrogens with one attached hydrogen (secondary N) is 1. The van der Waals surface area contributed by atoms with Crippen LogP contribution in [0.5, 0.6) is 0 Å². The molecule has 16 heavy (non-hydrogen) atoms. The Hall–Kier alpha value is -1.38. The predicted octanol–water partition coefficient (Wildman–Crippen LogP) is 3.30. The van der Waals surface area contributed by atoms with Crippen molar-refractivity contribution >= 4 is 11.6 Å². The zero-order valence-electron chi connectivity index (χ0n) is 9.21. The molecule has 2 nitrogen and oxygen atoms in total. The first-order valence-corrected chi connectivity index (χ1v) is 5.76. The van der Waals surface area contributed by atoms with E-state index in [1.807, 2.05) is 18.2 Å². The monoisotopic (exact) mass is 221 g/mol. The summed E-state index contributed by atoms with van der Waals surface area (Å²) in [5.41, 5.74) is -0.997. The van der Waals surface area contributed by atoms with Gasteiger partial charge in [-0.3, -0.25) is 4.79 Å². The van der Waals surface area contributed by atoms with Gasteiger partial charge >= 0.3 is 0 Å². The second-order valence-corrected chi connectivity index (χ2v) is 4.35. The minimum atomic E-state index is -1.66. The van der Waals surface area contributed by atoms with Gasteiger partial charge in [0.1, 0.15) is 0 Å². The third-order valence-electron chi connectivity index (χ3n) is 3.08. The van der Waals surface area contributed by atoms with Crippen LogP contribution in [0.25, 0.3) is 0 Å². The molecule has 1 aromatic carbocycles. The highest BCUT2D eigenvalue weighted by Gasteiger charge is 2.39. The molecule has 86 valence electrons. The van der Waals surface area contributed by atoms with Crippen LogP contribution in [0, 0.1) is 0 Å². The van der Waals surface area contributed by atoms with Gasteiger partial charge in [0.05, 0.1) is 0 Å². The van der Waals surface area contributed by atoms with Gasteiger partial charge in [-0.2, -0.15) is 0 Å². The topological polar surface area (TPSA) is 29.1 Å². The molecule has 2 rings (SSSR count). The lowest BCUT2D eigenvalue weighted by Gasteiger charge is -2.27. The average Bonchev–Trinajstić information content (AvgIpc) is 2.31. The first kappa shape index (κ1) is 11.1. The Labute approximate surface area is 94.9 Å². The van der Waals surface area contributed by atoms with Gasteiger partial charge in [0.15, 0.2) is 5.67 Å². The van der Waals surface area contributed by atoms with Crippen LogP contribution in [0.15, 0.2) is 30.3 Å². The van der Waals surface area contributed by atoms with Gasteiger partial charge in [0.2, 0.25) is 0 Å². The van der Waals surface area contributed by atoms with Crippen molar-refractivity contribution in [1.29, 1.82) is 0 Å². The number of halogens is 1. The molecule has 0 atom stereocenters. The zero-order valence-corrected chi connectivity index (χ0v) is 9.21. The molecule has 1 fully saturated rings. The molecule has 1 amide bonds. The average molecular weight is 221 g/mol. The molecule has 0 aliphatic heterocycles. The normalized spacial score (nSPS) is 19.1. The number of anilines is 1. The molecule has 0 aromatic heterocycles. The second kappa shape index (κ2) is 4.64. The van der Waals surface area contributed by atoms with E-state index in [9.17, 15) is 9.18 Å². The highest BCUT2D eigenvalue weighted by Crippen LogP contribution is 2.32. The molecule has 3 heteroatoms. The fourth-order valence-corrected chi connectivity index (χ4v) is 2.10. The summed E-state index contributed by atoms with van der Waals surface area (Å²) in [6.07, 6.45) is 3.35. The van der Waals surface area contributed by atoms with Crippen molar-refractivity contribution in [1.82, 2.24) is 0 Å². The molecular formula is C13H16FNO. The molecule has 1 aromatic rings. The molecule has 1 aliphatic rings. The molecule has 1 saturated carbocycles. The summed E-state index contributed by atoms with van der Waals surface area (Å²) >= 11 is 0. The van der Waals surface area contributed by atoms with Gasteiger partial charge in [0.25, 0.3) is 5.91 Å². The van der Waals surface area contributed by atoms with Crippen molar-refractivity contribution < 1.29 is 9.18 Å². The largest absolute Gasteiger partial charge is 0.323 e. The molecule has 0 saturated heterocycles.